The summed E-state index contributed by atoms with van der Waals surface area (Å²) in [7, 11) is 0. The second kappa shape index (κ2) is 3.96. The number of para-hydroxylation sites is 1. The third-order valence-electron chi connectivity index (χ3n) is 2.97. The van der Waals surface area contributed by atoms with Gasteiger partial charge in [0.05, 0.1) is 12.7 Å². The van der Waals surface area contributed by atoms with Crippen molar-refractivity contribution < 1.29 is 14.2 Å². The zero-order valence-corrected chi connectivity index (χ0v) is 9.23. The predicted octanol–water partition coefficient (Wildman–Crippen LogP) is 1.46. The Kier molecular flexibility index (Phi) is 2.46. The molecule has 2 atom stereocenters. The minimum atomic E-state index is 0.0628. The van der Waals surface area contributed by atoms with E-state index in [0.29, 0.717) is 12.8 Å². The van der Waals surface area contributed by atoms with E-state index in [0.717, 1.165) is 30.2 Å². The lowest BCUT2D eigenvalue weighted by molar-refractivity contribution is 0.00553. The van der Waals surface area contributed by atoms with Gasteiger partial charge in [-0.15, -0.1) is 0 Å². The number of fused-ring (bicyclic) bond motifs is 1. The van der Waals surface area contributed by atoms with Crippen LogP contribution in [0.25, 0.3) is 0 Å². The van der Waals surface area contributed by atoms with E-state index in [4.69, 9.17) is 14.2 Å². The fraction of sp³-hybridized carbons (Fsp3) is 0.500. The average Bonchev–Trinajstić information content (AvgIpc) is 2.78. The molecule has 0 saturated carbocycles. The topological polar surface area (TPSA) is 39.7 Å². The molecule has 1 aromatic carbocycles. The Morgan fingerprint density at radius 1 is 1.31 bits per heavy atom. The number of nitrogens with one attached hydrogen (secondary N) is 1. The maximum atomic E-state index is 5.80. The van der Waals surface area contributed by atoms with Gasteiger partial charge in [-0.2, -0.15) is 0 Å². The van der Waals surface area contributed by atoms with Gasteiger partial charge >= 0.3 is 0 Å². The molecule has 4 nitrogen and oxygen atoms in total. The van der Waals surface area contributed by atoms with Crippen LogP contribution in [0.1, 0.15) is 18.6 Å². The Hall–Kier alpha value is -1.26. The van der Waals surface area contributed by atoms with E-state index in [2.05, 4.69) is 12.2 Å². The van der Waals surface area contributed by atoms with Crippen LogP contribution in [0.4, 0.5) is 0 Å². The molecular formula is C12H15NO3. The van der Waals surface area contributed by atoms with Crippen LogP contribution in [0.3, 0.4) is 0 Å². The van der Waals surface area contributed by atoms with Gasteiger partial charge in [-0.3, -0.25) is 0 Å². The van der Waals surface area contributed by atoms with E-state index in [1.807, 2.05) is 18.2 Å². The quantitative estimate of drug-likeness (QED) is 0.779. The summed E-state index contributed by atoms with van der Waals surface area (Å²) in [5.41, 5.74) is 1.08. The fourth-order valence-corrected chi connectivity index (χ4v) is 2.09. The molecule has 2 unspecified atom stereocenters. The van der Waals surface area contributed by atoms with Crippen LogP contribution in [-0.2, 0) is 4.74 Å². The number of hydrogen-bond donors (Lipinski definition) is 1. The third kappa shape index (κ3) is 1.64. The van der Waals surface area contributed by atoms with E-state index in [1.165, 1.54) is 0 Å². The standard InChI is InChI=1S/C12H15NO3/c1-8-6-14-11(5-13-8)9-3-2-4-10-12(9)16-7-15-10/h2-4,8,11,13H,5-7H2,1H3. The van der Waals surface area contributed by atoms with Gasteiger partial charge in [-0.05, 0) is 13.0 Å². The summed E-state index contributed by atoms with van der Waals surface area (Å²) < 4.78 is 16.6. The highest BCUT2D eigenvalue weighted by atomic mass is 16.7. The molecule has 2 aliphatic heterocycles. The number of benzene rings is 1. The van der Waals surface area contributed by atoms with Gasteiger partial charge in [0.25, 0.3) is 0 Å². The lowest BCUT2D eigenvalue weighted by Gasteiger charge is -2.28. The highest BCUT2D eigenvalue weighted by molar-refractivity contribution is 5.49. The Bertz CT molecular complexity index is 386. The number of hydrogen-bond acceptors (Lipinski definition) is 4. The Labute approximate surface area is 94.5 Å². The minimum Gasteiger partial charge on any atom is -0.454 e. The molecule has 0 aromatic heterocycles. The van der Waals surface area contributed by atoms with Crippen LogP contribution in [-0.4, -0.2) is 26.0 Å². The van der Waals surface area contributed by atoms with Crippen LogP contribution in [0, 0.1) is 0 Å². The van der Waals surface area contributed by atoms with Crippen molar-refractivity contribution in [1.82, 2.24) is 5.32 Å². The van der Waals surface area contributed by atoms with E-state index in [1.54, 1.807) is 0 Å². The molecule has 2 aliphatic rings. The van der Waals surface area contributed by atoms with E-state index in [9.17, 15) is 0 Å². The molecule has 2 heterocycles. The van der Waals surface area contributed by atoms with Crippen molar-refractivity contribution >= 4 is 0 Å². The zero-order valence-electron chi connectivity index (χ0n) is 9.23. The fourth-order valence-electron chi connectivity index (χ4n) is 2.09. The SMILES string of the molecule is CC1COC(c2cccc3c2OCO3)CN1. The molecule has 16 heavy (non-hydrogen) atoms. The first-order valence-electron chi connectivity index (χ1n) is 5.58. The Morgan fingerprint density at radius 2 is 2.25 bits per heavy atom. The molecule has 0 spiro atoms. The molecule has 1 N–H and O–H groups in total. The molecule has 4 heteroatoms. The van der Waals surface area contributed by atoms with Crippen LogP contribution >= 0.6 is 0 Å². The number of morpholine rings is 1. The maximum Gasteiger partial charge on any atom is 0.231 e. The average molecular weight is 221 g/mol. The summed E-state index contributed by atoms with van der Waals surface area (Å²) in [4.78, 5) is 0. The largest absolute Gasteiger partial charge is 0.454 e. The zero-order chi connectivity index (χ0) is 11.0. The highest BCUT2D eigenvalue weighted by Gasteiger charge is 2.26. The normalized spacial score (nSPS) is 28.1. The summed E-state index contributed by atoms with van der Waals surface area (Å²) in [5, 5.41) is 3.40. The van der Waals surface area contributed by atoms with E-state index < -0.39 is 0 Å². The van der Waals surface area contributed by atoms with Gasteiger partial charge in [0.15, 0.2) is 11.5 Å². The molecule has 0 bridgehead atoms. The van der Waals surface area contributed by atoms with Gasteiger partial charge in [0.2, 0.25) is 6.79 Å². The monoisotopic (exact) mass is 221 g/mol. The highest BCUT2D eigenvalue weighted by Crippen LogP contribution is 2.39. The third-order valence-corrected chi connectivity index (χ3v) is 2.97. The van der Waals surface area contributed by atoms with Crippen LogP contribution in [0.15, 0.2) is 18.2 Å². The first kappa shape index (κ1) is 9.93. The first-order chi connectivity index (χ1) is 7.84. The van der Waals surface area contributed by atoms with Crippen molar-refractivity contribution in [3.05, 3.63) is 23.8 Å². The Morgan fingerprint density at radius 3 is 3.06 bits per heavy atom. The van der Waals surface area contributed by atoms with Crippen LogP contribution < -0.4 is 14.8 Å². The van der Waals surface area contributed by atoms with Gasteiger partial charge in [0, 0.05) is 18.2 Å². The first-order valence-corrected chi connectivity index (χ1v) is 5.58. The van der Waals surface area contributed by atoms with E-state index >= 15 is 0 Å². The smallest absolute Gasteiger partial charge is 0.231 e. The molecule has 1 fully saturated rings. The molecule has 0 aliphatic carbocycles. The van der Waals surface area contributed by atoms with Crippen LogP contribution in [0.2, 0.25) is 0 Å². The van der Waals surface area contributed by atoms with Crippen molar-refractivity contribution in [3.8, 4) is 11.5 Å². The summed E-state index contributed by atoms with van der Waals surface area (Å²) in [5.74, 6) is 1.66. The molecule has 3 rings (SSSR count). The maximum absolute atomic E-state index is 5.80. The summed E-state index contributed by atoms with van der Waals surface area (Å²) in [6.07, 6.45) is 0.0628. The van der Waals surface area contributed by atoms with Gasteiger partial charge < -0.3 is 19.5 Å². The molecule has 0 radical (unpaired) electrons. The van der Waals surface area contributed by atoms with Crippen molar-refractivity contribution in [2.24, 2.45) is 0 Å². The molecule has 1 aromatic rings. The predicted molar refractivity (Wildman–Crippen MR) is 58.7 cm³/mol. The van der Waals surface area contributed by atoms with Crippen molar-refractivity contribution in [3.63, 3.8) is 0 Å². The molecular weight excluding hydrogens is 206 g/mol. The van der Waals surface area contributed by atoms with Gasteiger partial charge in [-0.25, -0.2) is 0 Å². The second-order valence-corrected chi connectivity index (χ2v) is 4.21. The van der Waals surface area contributed by atoms with Gasteiger partial charge in [0.1, 0.15) is 0 Å². The summed E-state index contributed by atoms with van der Waals surface area (Å²) in [6.45, 7) is 3.98. The molecule has 0 amide bonds. The second-order valence-electron chi connectivity index (χ2n) is 4.21. The Balaban J connectivity index is 1.87. The lowest BCUT2D eigenvalue weighted by Crippen LogP contribution is -2.40. The molecule has 1 saturated heterocycles. The number of ether oxygens (including phenoxy) is 3. The minimum absolute atomic E-state index is 0.0628. The summed E-state index contributed by atoms with van der Waals surface area (Å²) >= 11 is 0. The van der Waals surface area contributed by atoms with Crippen molar-refractivity contribution in [1.29, 1.82) is 0 Å². The van der Waals surface area contributed by atoms with Crippen molar-refractivity contribution in [2.75, 3.05) is 19.9 Å². The number of rotatable bonds is 1. The van der Waals surface area contributed by atoms with Crippen LogP contribution in [0.5, 0.6) is 11.5 Å². The molecule has 86 valence electrons. The lowest BCUT2D eigenvalue weighted by atomic mass is 10.1. The van der Waals surface area contributed by atoms with Gasteiger partial charge in [-0.1, -0.05) is 12.1 Å². The van der Waals surface area contributed by atoms with Crippen molar-refractivity contribution in [2.45, 2.75) is 19.1 Å². The van der Waals surface area contributed by atoms with E-state index in [-0.39, 0.29) is 6.10 Å². The summed E-state index contributed by atoms with van der Waals surface area (Å²) in [6, 6.07) is 6.36.